The Balaban J connectivity index is 1.25. The first-order chi connectivity index (χ1) is 23.4. The molecule has 232 valence electrons. The molecule has 0 radical (unpaired) electrons. The van der Waals surface area contributed by atoms with Crippen molar-refractivity contribution in [1.29, 1.82) is 0 Å². The normalized spacial score (nSPS) is 14.5. The van der Waals surface area contributed by atoms with Crippen LogP contribution < -0.4 is 0 Å². The predicted octanol–water partition coefficient (Wildman–Crippen LogP) is 11.7. The van der Waals surface area contributed by atoms with Crippen LogP contribution in [-0.4, -0.2) is 15.0 Å². The molecule has 1 aliphatic carbocycles. The lowest BCUT2D eigenvalue weighted by Crippen LogP contribution is -2.14. The van der Waals surface area contributed by atoms with Crippen molar-refractivity contribution in [1.82, 2.24) is 15.0 Å². The average Bonchev–Trinajstić information content (AvgIpc) is 3.14. The van der Waals surface area contributed by atoms with Crippen molar-refractivity contribution < 1.29 is 0 Å². The van der Waals surface area contributed by atoms with Crippen LogP contribution in [0.5, 0.6) is 0 Å². The molecule has 3 heterocycles. The summed E-state index contributed by atoms with van der Waals surface area (Å²) >= 11 is 0. The molecule has 3 heteroatoms. The van der Waals surface area contributed by atoms with Gasteiger partial charge in [-0.1, -0.05) is 148 Å². The highest BCUT2D eigenvalue weighted by Crippen LogP contribution is 2.38. The van der Waals surface area contributed by atoms with Gasteiger partial charge < -0.3 is 0 Å². The summed E-state index contributed by atoms with van der Waals surface area (Å²) in [5, 5.41) is 2.19. The van der Waals surface area contributed by atoms with E-state index in [0.717, 1.165) is 78.8 Å². The molecule has 8 rings (SSSR count). The fraction of sp³-hybridized carbons (Fsp3) is 0.133. The number of hydrogen-bond donors (Lipinski definition) is 0. The zero-order valence-electron chi connectivity index (χ0n) is 27.6. The number of fused-ring (bicyclic) bond motifs is 3. The largest absolute Gasteiger partial charge is 0.250 e. The van der Waals surface area contributed by atoms with Crippen LogP contribution in [0.2, 0.25) is 0 Å². The van der Waals surface area contributed by atoms with E-state index in [0.29, 0.717) is 5.92 Å². The molecule has 0 N–H and O–H groups in total. The van der Waals surface area contributed by atoms with Crippen LogP contribution in [0.3, 0.4) is 0 Å². The van der Waals surface area contributed by atoms with Gasteiger partial charge in [0.25, 0.3) is 0 Å². The van der Waals surface area contributed by atoms with Gasteiger partial charge in [0.05, 0.1) is 28.1 Å². The Kier molecular flexibility index (Phi) is 7.53. The summed E-state index contributed by atoms with van der Waals surface area (Å²) in [5.41, 5.74) is 12.6. The molecule has 0 amide bonds. The molecule has 1 aliphatic rings. The maximum Gasteiger partial charge on any atom is 0.0974 e. The van der Waals surface area contributed by atoms with Crippen molar-refractivity contribution in [2.45, 2.75) is 38.5 Å². The molecule has 0 spiro atoms. The van der Waals surface area contributed by atoms with Gasteiger partial charge in [0.1, 0.15) is 0 Å². The van der Waals surface area contributed by atoms with E-state index >= 15 is 0 Å². The monoisotopic (exact) mass is 619 g/mol. The molecule has 1 atom stereocenters. The third-order valence-electron chi connectivity index (χ3n) is 9.29. The van der Waals surface area contributed by atoms with Gasteiger partial charge in [-0.3, -0.25) is 0 Å². The maximum atomic E-state index is 5.27. The van der Waals surface area contributed by atoms with Gasteiger partial charge in [-0.15, -0.1) is 0 Å². The molecular formula is C45H37N3. The predicted molar refractivity (Wildman–Crippen MR) is 201 cm³/mol. The molecule has 1 unspecified atom stereocenters. The maximum absolute atomic E-state index is 5.27. The summed E-state index contributed by atoms with van der Waals surface area (Å²) in [7, 11) is 0. The minimum Gasteiger partial charge on any atom is -0.250 e. The summed E-state index contributed by atoms with van der Waals surface area (Å²) < 4.78 is 0. The number of rotatable bonds is 5. The first-order valence-electron chi connectivity index (χ1n) is 16.7. The molecular weight excluding hydrogens is 583 g/mol. The third-order valence-corrected chi connectivity index (χ3v) is 9.29. The second-order valence-corrected chi connectivity index (χ2v) is 13.7. The average molecular weight is 620 g/mol. The highest BCUT2D eigenvalue weighted by molar-refractivity contribution is 6.09. The van der Waals surface area contributed by atoms with Crippen LogP contribution in [0, 0.1) is 0 Å². The van der Waals surface area contributed by atoms with Crippen molar-refractivity contribution in [2.24, 2.45) is 0 Å². The zero-order valence-corrected chi connectivity index (χ0v) is 27.6. The molecule has 4 aromatic carbocycles. The quantitative estimate of drug-likeness (QED) is 0.180. The SMILES string of the molecule is CC(C)(C)c1cc(-c2ccc(-c3cc(C4C=CC=CC4)cc(-c4ccccc4)n3)cc2)c2ccc3ccc(-c4ccccc4)nc3c2n1. The topological polar surface area (TPSA) is 38.7 Å². The highest BCUT2D eigenvalue weighted by Gasteiger charge is 2.21. The smallest absolute Gasteiger partial charge is 0.0974 e. The Morgan fingerprint density at radius 2 is 1.17 bits per heavy atom. The summed E-state index contributed by atoms with van der Waals surface area (Å²) in [6.45, 7) is 6.67. The zero-order chi connectivity index (χ0) is 32.7. The fourth-order valence-electron chi connectivity index (χ4n) is 6.58. The number of allylic oxidation sites excluding steroid dienone is 4. The first-order valence-corrected chi connectivity index (χ1v) is 16.7. The van der Waals surface area contributed by atoms with E-state index in [-0.39, 0.29) is 5.41 Å². The van der Waals surface area contributed by atoms with E-state index in [9.17, 15) is 0 Å². The third kappa shape index (κ3) is 5.73. The van der Waals surface area contributed by atoms with Crippen molar-refractivity contribution in [3.63, 3.8) is 0 Å². The molecule has 48 heavy (non-hydrogen) atoms. The van der Waals surface area contributed by atoms with Gasteiger partial charge in [-0.05, 0) is 47.4 Å². The van der Waals surface area contributed by atoms with Crippen LogP contribution in [0.4, 0.5) is 0 Å². The second kappa shape index (κ2) is 12.2. The van der Waals surface area contributed by atoms with Gasteiger partial charge in [0.15, 0.2) is 0 Å². The van der Waals surface area contributed by atoms with Crippen LogP contribution in [-0.2, 0) is 5.41 Å². The minimum absolute atomic E-state index is 0.136. The van der Waals surface area contributed by atoms with Crippen molar-refractivity contribution in [2.75, 3.05) is 0 Å². The van der Waals surface area contributed by atoms with Crippen molar-refractivity contribution >= 4 is 21.8 Å². The van der Waals surface area contributed by atoms with Gasteiger partial charge >= 0.3 is 0 Å². The van der Waals surface area contributed by atoms with E-state index < -0.39 is 0 Å². The lowest BCUT2D eigenvalue weighted by Gasteiger charge is -2.21. The van der Waals surface area contributed by atoms with E-state index in [2.05, 4.69) is 166 Å². The van der Waals surface area contributed by atoms with E-state index in [1.54, 1.807) is 0 Å². The molecule has 0 aliphatic heterocycles. The standard InChI is InChI=1S/C45H37N3/c1-45(2,3)42-29-38(37-25-23-35-24-26-39(32-15-9-5-10-16-32)47-43(35)44(37)48-42)31-19-21-34(22-20-31)41-28-36(30-13-7-4-8-14-30)27-40(46-41)33-17-11-6-12-18-33/h4-13,15-30H,14H2,1-3H3. The molecule has 0 saturated heterocycles. The van der Waals surface area contributed by atoms with Crippen LogP contribution >= 0.6 is 0 Å². The van der Waals surface area contributed by atoms with Gasteiger partial charge in [0.2, 0.25) is 0 Å². The number of pyridine rings is 3. The fourth-order valence-corrected chi connectivity index (χ4v) is 6.58. The molecule has 0 saturated carbocycles. The van der Waals surface area contributed by atoms with Crippen LogP contribution in [0.15, 0.2) is 152 Å². The molecule has 0 bridgehead atoms. The second-order valence-electron chi connectivity index (χ2n) is 13.7. The molecule has 7 aromatic rings. The molecule has 3 nitrogen and oxygen atoms in total. The number of benzene rings is 4. The van der Waals surface area contributed by atoms with E-state index in [1.807, 2.05) is 6.07 Å². The summed E-state index contributed by atoms with van der Waals surface area (Å²) in [5.74, 6) is 0.336. The van der Waals surface area contributed by atoms with Crippen molar-refractivity contribution in [3.05, 3.63) is 163 Å². The number of nitrogens with zero attached hydrogens (tertiary/aromatic N) is 3. The number of hydrogen-bond acceptors (Lipinski definition) is 3. The Bertz CT molecular complexity index is 2330. The van der Waals surface area contributed by atoms with Crippen LogP contribution in [0.25, 0.3) is 66.7 Å². The Morgan fingerprint density at radius 3 is 1.81 bits per heavy atom. The molecule has 0 fully saturated rings. The van der Waals surface area contributed by atoms with Gasteiger partial charge in [-0.25, -0.2) is 15.0 Å². The van der Waals surface area contributed by atoms with Crippen LogP contribution in [0.1, 0.15) is 44.4 Å². The Labute approximate surface area is 282 Å². The van der Waals surface area contributed by atoms with Gasteiger partial charge in [0, 0.05) is 44.5 Å². The summed E-state index contributed by atoms with van der Waals surface area (Å²) in [6, 6.07) is 45.1. The van der Waals surface area contributed by atoms with E-state index in [4.69, 9.17) is 15.0 Å². The number of aromatic nitrogens is 3. The van der Waals surface area contributed by atoms with Crippen molar-refractivity contribution in [3.8, 4) is 44.9 Å². The lowest BCUT2D eigenvalue weighted by molar-refractivity contribution is 0.572. The van der Waals surface area contributed by atoms with E-state index in [1.165, 1.54) is 5.56 Å². The molecule has 3 aromatic heterocycles. The Hall–Kier alpha value is -5.67. The van der Waals surface area contributed by atoms with Gasteiger partial charge in [-0.2, -0.15) is 0 Å². The first kappa shape index (κ1) is 29.7. The lowest BCUT2D eigenvalue weighted by atomic mass is 9.88. The summed E-state index contributed by atoms with van der Waals surface area (Å²) in [6.07, 6.45) is 9.81. The Morgan fingerprint density at radius 1 is 0.542 bits per heavy atom. The summed E-state index contributed by atoms with van der Waals surface area (Å²) in [4.78, 5) is 15.6. The minimum atomic E-state index is -0.136. The highest BCUT2D eigenvalue weighted by atomic mass is 14.8.